The molecule has 0 unspecified atom stereocenters. The van der Waals surface area contributed by atoms with Crippen LogP contribution in [-0.2, 0) is 4.79 Å². The SMILES string of the molecule is CCOc1ccc(N[C@@H](C)C(=O)NN=C2CCCC[C@@H]2C)cc1. The number of carbonyl (C=O) groups excluding carboxylic acids is 1. The predicted molar refractivity (Wildman–Crippen MR) is 93.9 cm³/mol. The minimum atomic E-state index is -0.351. The van der Waals surface area contributed by atoms with E-state index in [1.54, 1.807) is 0 Å². The van der Waals surface area contributed by atoms with Gasteiger partial charge in [0.05, 0.1) is 6.61 Å². The molecular formula is C18H27N3O2. The van der Waals surface area contributed by atoms with Crippen molar-refractivity contribution in [2.75, 3.05) is 11.9 Å². The number of anilines is 1. The molecule has 0 aromatic heterocycles. The number of nitrogens with zero attached hydrogens (tertiary/aromatic N) is 1. The van der Waals surface area contributed by atoms with Crippen molar-refractivity contribution in [2.45, 2.75) is 52.5 Å². The molecule has 2 rings (SSSR count). The summed E-state index contributed by atoms with van der Waals surface area (Å²) in [6.45, 7) is 6.60. The van der Waals surface area contributed by atoms with Crippen LogP contribution in [0.15, 0.2) is 29.4 Å². The van der Waals surface area contributed by atoms with Gasteiger partial charge in [-0.15, -0.1) is 0 Å². The van der Waals surface area contributed by atoms with Gasteiger partial charge in [-0.3, -0.25) is 4.79 Å². The molecule has 0 spiro atoms. The molecule has 126 valence electrons. The van der Waals surface area contributed by atoms with E-state index in [-0.39, 0.29) is 11.9 Å². The van der Waals surface area contributed by atoms with Gasteiger partial charge in [0.15, 0.2) is 0 Å². The van der Waals surface area contributed by atoms with Crippen LogP contribution in [0.4, 0.5) is 5.69 Å². The predicted octanol–water partition coefficient (Wildman–Crippen LogP) is 3.57. The molecule has 0 heterocycles. The van der Waals surface area contributed by atoms with Crippen LogP contribution in [0, 0.1) is 5.92 Å². The number of nitrogens with one attached hydrogen (secondary N) is 2. The minimum Gasteiger partial charge on any atom is -0.494 e. The fourth-order valence-electron chi connectivity index (χ4n) is 2.69. The monoisotopic (exact) mass is 317 g/mol. The summed E-state index contributed by atoms with van der Waals surface area (Å²) in [6.07, 6.45) is 4.57. The molecule has 0 radical (unpaired) electrons. The molecule has 1 aliphatic carbocycles. The van der Waals surface area contributed by atoms with E-state index in [9.17, 15) is 4.79 Å². The number of hydrogen-bond donors (Lipinski definition) is 2. The zero-order valence-corrected chi connectivity index (χ0v) is 14.3. The normalized spacial score (nSPS) is 20.8. The van der Waals surface area contributed by atoms with Crippen molar-refractivity contribution in [1.82, 2.24) is 5.43 Å². The zero-order valence-electron chi connectivity index (χ0n) is 14.3. The molecule has 5 heteroatoms. The lowest BCUT2D eigenvalue weighted by Gasteiger charge is -2.20. The smallest absolute Gasteiger partial charge is 0.262 e. The van der Waals surface area contributed by atoms with Gasteiger partial charge in [0.25, 0.3) is 5.91 Å². The van der Waals surface area contributed by atoms with Crippen molar-refractivity contribution in [3.05, 3.63) is 24.3 Å². The highest BCUT2D eigenvalue weighted by Gasteiger charge is 2.17. The van der Waals surface area contributed by atoms with Crippen LogP contribution in [0.25, 0.3) is 0 Å². The van der Waals surface area contributed by atoms with Gasteiger partial charge < -0.3 is 10.1 Å². The minimum absolute atomic E-state index is 0.121. The van der Waals surface area contributed by atoms with Crippen LogP contribution in [0.2, 0.25) is 0 Å². The van der Waals surface area contributed by atoms with Gasteiger partial charge >= 0.3 is 0 Å². The third-order valence-corrected chi connectivity index (χ3v) is 4.14. The molecule has 1 amide bonds. The molecular weight excluding hydrogens is 290 g/mol. The molecule has 1 saturated carbocycles. The Kier molecular flexibility index (Phi) is 6.44. The molecule has 2 atom stereocenters. The molecule has 23 heavy (non-hydrogen) atoms. The third kappa shape index (κ3) is 5.27. The van der Waals surface area contributed by atoms with Gasteiger partial charge in [-0.2, -0.15) is 5.10 Å². The molecule has 1 aromatic rings. The second-order valence-electron chi connectivity index (χ2n) is 6.05. The van der Waals surface area contributed by atoms with E-state index in [1.807, 2.05) is 38.1 Å². The van der Waals surface area contributed by atoms with Gasteiger partial charge in [0, 0.05) is 11.4 Å². The zero-order chi connectivity index (χ0) is 16.7. The third-order valence-electron chi connectivity index (χ3n) is 4.14. The summed E-state index contributed by atoms with van der Waals surface area (Å²) < 4.78 is 5.40. The number of hydrogen-bond acceptors (Lipinski definition) is 4. The molecule has 0 saturated heterocycles. The second kappa shape index (κ2) is 8.56. The number of amides is 1. The summed E-state index contributed by atoms with van der Waals surface area (Å²) >= 11 is 0. The highest BCUT2D eigenvalue weighted by atomic mass is 16.5. The number of benzene rings is 1. The summed E-state index contributed by atoms with van der Waals surface area (Å²) in [5.41, 5.74) is 4.69. The molecule has 5 nitrogen and oxygen atoms in total. The molecule has 0 aliphatic heterocycles. The van der Waals surface area contributed by atoms with Crippen molar-refractivity contribution in [3.8, 4) is 5.75 Å². The van der Waals surface area contributed by atoms with Crippen LogP contribution >= 0.6 is 0 Å². The first-order valence-electron chi connectivity index (χ1n) is 8.46. The van der Waals surface area contributed by atoms with E-state index < -0.39 is 0 Å². The van der Waals surface area contributed by atoms with Crippen LogP contribution in [0.5, 0.6) is 5.75 Å². The average Bonchev–Trinajstić information content (AvgIpc) is 2.56. The van der Waals surface area contributed by atoms with E-state index >= 15 is 0 Å². The summed E-state index contributed by atoms with van der Waals surface area (Å²) in [7, 11) is 0. The first-order valence-corrected chi connectivity index (χ1v) is 8.46. The lowest BCUT2D eigenvalue weighted by atomic mass is 9.89. The second-order valence-corrected chi connectivity index (χ2v) is 6.05. The van der Waals surface area contributed by atoms with Crippen LogP contribution in [0.1, 0.15) is 46.5 Å². The topological polar surface area (TPSA) is 62.7 Å². The molecule has 1 aliphatic rings. The van der Waals surface area contributed by atoms with Crippen molar-refractivity contribution in [1.29, 1.82) is 0 Å². The first-order chi connectivity index (χ1) is 11.1. The van der Waals surface area contributed by atoms with E-state index in [1.165, 1.54) is 12.8 Å². The Morgan fingerprint density at radius 3 is 2.74 bits per heavy atom. The van der Waals surface area contributed by atoms with Gasteiger partial charge in [0.1, 0.15) is 11.8 Å². The summed E-state index contributed by atoms with van der Waals surface area (Å²) in [5.74, 6) is 1.18. The number of hydrazone groups is 1. The highest BCUT2D eigenvalue weighted by molar-refractivity contribution is 5.90. The van der Waals surface area contributed by atoms with Crippen LogP contribution in [-0.4, -0.2) is 24.3 Å². The maximum Gasteiger partial charge on any atom is 0.262 e. The van der Waals surface area contributed by atoms with E-state index in [0.717, 1.165) is 30.0 Å². The fraction of sp³-hybridized carbons (Fsp3) is 0.556. The van der Waals surface area contributed by atoms with Gasteiger partial charge in [-0.25, -0.2) is 5.43 Å². The molecule has 1 aromatic carbocycles. The average molecular weight is 317 g/mol. The largest absolute Gasteiger partial charge is 0.494 e. The van der Waals surface area contributed by atoms with Crippen molar-refractivity contribution < 1.29 is 9.53 Å². The van der Waals surface area contributed by atoms with Crippen LogP contribution < -0.4 is 15.5 Å². The fourth-order valence-corrected chi connectivity index (χ4v) is 2.69. The summed E-state index contributed by atoms with van der Waals surface area (Å²) in [6, 6.07) is 7.24. The quantitative estimate of drug-likeness (QED) is 0.788. The van der Waals surface area contributed by atoms with Gasteiger partial charge in [-0.05, 0) is 63.3 Å². The van der Waals surface area contributed by atoms with Crippen LogP contribution in [0.3, 0.4) is 0 Å². The molecule has 0 bridgehead atoms. The lowest BCUT2D eigenvalue weighted by molar-refractivity contribution is -0.121. The Morgan fingerprint density at radius 2 is 2.09 bits per heavy atom. The Labute approximate surface area is 138 Å². The Balaban J connectivity index is 1.85. The van der Waals surface area contributed by atoms with Gasteiger partial charge in [-0.1, -0.05) is 13.3 Å². The molecule has 1 fully saturated rings. The summed E-state index contributed by atoms with van der Waals surface area (Å²) in [5, 5.41) is 7.50. The number of ether oxygens (including phenoxy) is 1. The standard InChI is InChI=1S/C18H27N3O2/c1-4-23-16-11-9-15(10-12-16)19-14(3)18(22)21-20-17-8-6-5-7-13(17)2/h9-14,19H,4-8H2,1-3H3,(H,21,22)/t13-,14-/m0/s1. The summed E-state index contributed by atoms with van der Waals surface area (Å²) in [4.78, 5) is 12.2. The maximum atomic E-state index is 12.2. The van der Waals surface area contributed by atoms with Crippen molar-refractivity contribution >= 4 is 17.3 Å². The van der Waals surface area contributed by atoms with Crippen molar-refractivity contribution in [2.24, 2.45) is 11.0 Å². The lowest BCUT2D eigenvalue weighted by Crippen LogP contribution is -2.36. The highest BCUT2D eigenvalue weighted by Crippen LogP contribution is 2.20. The Bertz CT molecular complexity index is 540. The Hall–Kier alpha value is -2.04. The van der Waals surface area contributed by atoms with E-state index in [0.29, 0.717) is 12.5 Å². The van der Waals surface area contributed by atoms with Crippen molar-refractivity contribution in [3.63, 3.8) is 0 Å². The number of carbonyl (C=O) groups is 1. The number of rotatable bonds is 6. The first kappa shape index (κ1) is 17.3. The van der Waals surface area contributed by atoms with E-state index in [2.05, 4.69) is 22.8 Å². The molecule has 2 N–H and O–H groups in total. The maximum absolute atomic E-state index is 12.2. The Morgan fingerprint density at radius 1 is 1.35 bits per heavy atom. The van der Waals surface area contributed by atoms with Gasteiger partial charge in [0.2, 0.25) is 0 Å². The van der Waals surface area contributed by atoms with E-state index in [4.69, 9.17) is 4.74 Å².